The Balaban J connectivity index is 2.11. The van der Waals surface area contributed by atoms with Gasteiger partial charge in [-0.1, -0.05) is 27.6 Å². The third-order valence-electron chi connectivity index (χ3n) is 4.44. The van der Waals surface area contributed by atoms with Gasteiger partial charge in [0.25, 0.3) is 0 Å². The summed E-state index contributed by atoms with van der Waals surface area (Å²) in [6, 6.07) is 11.2. The van der Waals surface area contributed by atoms with Gasteiger partial charge in [-0.3, -0.25) is 0 Å². The maximum Gasteiger partial charge on any atom is 0.0424 e. The number of halogens is 1. The van der Waals surface area contributed by atoms with E-state index in [2.05, 4.69) is 78.4 Å². The fraction of sp³-hybridized carbons (Fsp3) is 0.263. The summed E-state index contributed by atoms with van der Waals surface area (Å²) in [5, 5.41) is 9.04. The number of benzene rings is 2. The van der Waals surface area contributed by atoms with Gasteiger partial charge in [0.05, 0.1) is 0 Å². The number of rotatable bonds is 0. The van der Waals surface area contributed by atoms with E-state index in [4.69, 9.17) is 0 Å². The van der Waals surface area contributed by atoms with Crippen LogP contribution in [-0.2, 0) is 0 Å². The first kappa shape index (κ1) is 13.1. The molecule has 2 aliphatic rings. The smallest absolute Gasteiger partial charge is 0.0424 e. The van der Waals surface area contributed by atoms with Crippen LogP contribution in [0.4, 0.5) is 5.69 Å². The second kappa shape index (κ2) is 4.23. The van der Waals surface area contributed by atoms with Crippen LogP contribution in [0.5, 0.6) is 0 Å². The molecule has 0 atom stereocenters. The highest BCUT2D eigenvalue weighted by molar-refractivity contribution is 9.10. The molecule has 0 fully saturated rings. The normalized spacial score (nSPS) is 17.4. The minimum atomic E-state index is 0.135. The highest BCUT2D eigenvalue weighted by Crippen LogP contribution is 2.26. The van der Waals surface area contributed by atoms with Gasteiger partial charge in [0.2, 0.25) is 0 Å². The van der Waals surface area contributed by atoms with Gasteiger partial charge in [0, 0.05) is 15.7 Å². The van der Waals surface area contributed by atoms with Crippen LogP contribution in [0.25, 0.3) is 11.6 Å². The summed E-state index contributed by atoms with van der Waals surface area (Å²) >= 11 is 3.56. The second-order valence-electron chi connectivity index (χ2n) is 6.83. The first-order valence-electron chi connectivity index (χ1n) is 7.37. The summed E-state index contributed by atoms with van der Waals surface area (Å²) in [6.07, 6.45) is 3.39. The van der Waals surface area contributed by atoms with Crippen LogP contribution in [-0.4, -0.2) is 5.54 Å². The predicted octanol–water partition coefficient (Wildman–Crippen LogP) is 3.64. The first-order chi connectivity index (χ1) is 9.93. The molecule has 2 heteroatoms. The zero-order valence-electron chi connectivity index (χ0n) is 12.5. The minimum Gasteiger partial charge on any atom is -0.379 e. The van der Waals surface area contributed by atoms with Gasteiger partial charge < -0.3 is 5.32 Å². The summed E-state index contributed by atoms with van der Waals surface area (Å²) in [6.45, 7) is 6.79. The highest BCUT2D eigenvalue weighted by atomic mass is 79.9. The van der Waals surface area contributed by atoms with Crippen molar-refractivity contribution in [3.63, 3.8) is 0 Å². The average molecular weight is 340 g/mol. The second-order valence-corrected chi connectivity index (χ2v) is 7.74. The summed E-state index contributed by atoms with van der Waals surface area (Å²) in [5.74, 6) is 0. The molecule has 106 valence electrons. The molecular weight excluding hydrogens is 322 g/mol. The van der Waals surface area contributed by atoms with Gasteiger partial charge in [-0.25, -0.2) is 0 Å². The van der Waals surface area contributed by atoms with Crippen molar-refractivity contribution in [1.29, 1.82) is 0 Å². The SMILES string of the molecule is CC1=c2cc3c(cc2NC(C)(C)C1)=c1ccc(Br)cc1=C3. The maximum atomic E-state index is 3.69. The minimum absolute atomic E-state index is 0.135. The number of hydrogen-bond acceptors (Lipinski definition) is 1. The molecular formula is C19H18BrN. The van der Waals surface area contributed by atoms with Gasteiger partial charge in [0.1, 0.15) is 0 Å². The highest BCUT2D eigenvalue weighted by Gasteiger charge is 2.23. The molecule has 1 nitrogen and oxygen atoms in total. The van der Waals surface area contributed by atoms with E-state index in [9.17, 15) is 0 Å². The molecule has 0 amide bonds. The van der Waals surface area contributed by atoms with Crippen molar-refractivity contribution in [2.24, 2.45) is 0 Å². The number of hydrogen-bond donors (Lipinski definition) is 1. The number of fused-ring (bicyclic) bond motifs is 3. The van der Waals surface area contributed by atoms with Crippen molar-refractivity contribution in [3.05, 3.63) is 61.2 Å². The molecule has 0 unspecified atom stereocenters. The van der Waals surface area contributed by atoms with Gasteiger partial charge in [-0.2, -0.15) is 0 Å². The molecule has 1 N–H and O–H groups in total. The van der Waals surface area contributed by atoms with Crippen molar-refractivity contribution in [2.45, 2.75) is 32.7 Å². The van der Waals surface area contributed by atoms with Crippen LogP contribution in [0.15, 0.2) is 34.8 Å². The molecule has 1 heterocycles. The Kier molecular flexibility index (Phi) is 2.65. The molecule has 2 aromatic carbocycles. The van der Waals surface area contributed by atoms with E-state index < -0.39 is 0 Å². The molecule has 0 bridgehead atoms. The van der Waals surface area contributed by atoms with Crippen molar-refractivity contribution in [3.8, 4) is 0 Å². The van der Waals surface area contributed by atoms with Gasteiger partial charge in [-0.05, 0) is 84.0 Å². The molecule has 0 saturated carbocycles. The molecule has 0 spiro atoms. The lowest BCUT2D eigenvalue weighted by molar-refractivity contribution is 0.573. The van der Waals surface area contributed by atoms with Gasteiger partial charge in [-0.15, -0.1) is 0 Å². The largest absolute Gasteiger partial charge is 0.379 e. The van der Waals surface area contributed by atoms with Crippen LogP contribution in [0.1, 0.15) is 32.8 Å². The molecule has 21 heavy (non-hydrogen) atoms. The van der Waals surface area contributed by atoms with Crippen LogP contribution in [0.2, 0.25) is 0 Å². The van der Waals surface area contributed by atoms with Crippen molar-refractivity contribution < 1.29 is 0 Å². The molecule has 0 radical (unpaired) electrons. The zero-order chi connectivity index (χ0) is 14.8. The van der Waals surface area contributed by atoms with Crippen molar-refractivity contribution >= 4 is 33.3 Å². The van der Waals surface area contributed by atoms with E-state index in [1.807, 2.05) is 0 Å². The van der Waals surface area contributed by atoms with Crippen molar-refractivity contribution in [1.82, 2.24) is 0 Å². The lowest BCUT2D eigenvalue weighted by Crippen LogP contribution is -2.38. The average Bonchev–Trinajstić information content (AvgIpc) is 2.72. The lowest BCUT2D eigenvalue weighted by Gasteiger charge is -2.32. The number of anilines is 1. The third-order valence-corrected chi connectivity index (χ3v) is 4.94. The molecule has 4 rings (SSSR count). The molecule has 2 aromatic rings. The van der Waals surface area contributed by atoms with Crippen molar-refractivity contribution in [2.75, 3.05) is 5.32 Å². The Labute approximate surface area is 132 Å². The topological polar surface area (TPSA) is 12.0 Å². The van der Waals surface area contributed by atoms with Gasteiger partial charge in [0.15, 0.2) is 0 Å². The predicted molar refractivity (Wildman–Crippen MR) is 92.5 cm³/mol. The molecule has 0 saturated heterocycles. The number of nitrogens with one attached hydrogen (secondary N) is 1. The van der Waals surface area contributed by atoms with E-state index in [1.54, 1.807) is 0 Å². The Bertz CT molecular complexity index is 983. The van der Waals surface area contributed by atoms with Crippen LogP contribution in [0.3, 0.4) is 0 Å². The van der Waals surface area contributed by atoms with Crippen LogP contribution < -0.4 is 15.8 Å². The lowest BCUT2D eigenvalue weighted by atomic mass is 9.89. The Morgan fingerprint density at radius 3 is 2.67 bits per heavy atom. The first-order valence-corrected chi connectivity index (χ1v) is 8.16. The molecule has 1 aliphatic heterocycles. The fourth-order valence-corrected chi connectivity index (χ4v) is 4.04. The summed E-state index contributed by atoms with van der Waals surface area (Å²) in [5.41, 5.74) is 4.22. The fourth-order valence-electron chi connectivity index (χ4n) is 3.66. The third kappa shape index (κ3) is 2.04. The van der Waals surface area contributed by atoms with Crippen LogP contribution >= 0.6 is 15.9 Å². The van der Waals surface area contributed by atoms with E-state index in [0.717, 1.165) is 10.9 Å². The van der Waals surface area contributed by atoms with Gasteiger partial charge >= 0.3 is 0 Å². The monoisotopic (exact) mass is 339 g/mol. The zero-order valence-corrected chi connectivity index (χ0v) is 14.1. The molecule has 1 aliphatic carbocycles. The summed E-state index contributed by atoms with van der Waals surface area (Å²) < 4.78 is 1.14. The maximum absolute atomic E-state index is 3.69. The van der Waals surface area contributed by atoms with E-state index >= 15 is 0 Å². The molecule has 0 aromatic heterocycles. The quantitative estimate of drug-likeness (QED) is 0.659. The summed E-state index contributed by atoms with van der Waals surface area (Å²) in [7, 11) is 0. The Morgan fingerprint density at radius 2 is 1.86 bits per heavy atom. The van der Waals surface area contributed by atoms with E-state index in [1.165, 1.54) is 37.7 Å². The summed E-state index contributed by atoms with van der Waals surface area (Å²) in [4.78, 5) is 0. The van der Waals surface area contributed by atoms with Crippen LogP contribution in [0, 0.1) is 10.4 Å². The van der Waals surface area contributed by atoms with E-state index in [-0.39, 0.29) is 5.54 Å². The Hall–Kier alpha value is -1.54. The standard InChI is InChI=1S/C19H18BrN/c1-11-10-19(2,3)21-18-9-17-13(8-16(11)18)6-12-7-14(20)4-5-15(12)17/h4-9,21H,10H2,1-3H3. The van der Waals surface area contributed by atoms with E-state index in [0.29, 0.717) is 0 Å². The Morgan fingerprint density at radius 1 is 1.05 bits per heavy atom.